The molecule has 1 aromatic carbocycles. The molecule has 0 bridgehead atoms. The molecule has 1 spiro atoms. The maximum Gasteiger partial charge on any atom is 0.317 e. The van der Waals surface area contributed by atoms with Crippen LogP contribution in [0.15, 0.2) is 35.3 Å². The van der Waals surface area contributed by atoms with Crippen LogP contribution in [-0.4, -0.2) is 52.7 Å². The van der Waals surface area contributed by atoms with Gasteiger partial charge in [-0.25, -0.2) is 4.79 Å². The molecule has 28 heavy (non-hydrogen) atoms. The van der Waals surface area contributed by atoms with Crippen LogP contribution in [0.1, 0.15) is 38.2 Å². The molecule has 6 nitrogen and oxygen atoms in total. The molecular weight excluding hydrogens is 352 g/mol. The number of nitrogens with one attached hydrogen (secondary N) is 1. The Morgan fingerprint density at radius 3 is 2.75 bits per heavy atom. The molecule has 2 saturated carbocycles. The summed E-state index contributed by atoms with van der Waals surface area (Å²) >= 11 is 0. The number of amides is 3. The zero-order valence-electron chi connectivity index (χ0n) is 16.4. The van der Waals surface area contributed by atoms with Crippen molar-refractivity contribution < 1.29 is 9.59 Å². The Bertz CT molecular complexity index is 819. The molecule has 2 aliphatic heterocycles. The summed E-state index contributed by atoms with van der Waals surface area (Å²) in [4.78, 5) is 34.8. The van der Waals surface area contributed by atoms with E-state index in [0.717, 1.165) is 37.3 Å². The average Bonchev–Trinajstić information content (AvgIpc) is 3.24. The largest absolute Gasteiger partial charge is 0.334 e. The van der Waals surface area contributed by atoms with E-state index in [4.69, 9.17) is 4.99 Å². The van der Waals surface area contributed by atoms with Gasteiger partial charge in [-0.3, -0.25) is 14.7 Å². The van der Waals surface area contributed by atoms with Gasteiger partial charge in [-0.15, -0.1) is 0 Å². The van der Waals surface area contributed by atoms with E-state index in [2.05, 4.69) is 5.32 Å². The molecule has 3 fully saturated rings. The molecule has 1 saturated heterocycles. The summed E-state index contributed by atoms with van der Waals surface area (Å²) in [6.45, 7) is 4.70. The lowest BCUT2D eigenvalue weighted by Crippen LogP contribution is -2.48. The number of benzene rings is 1. The van der Waals surface area contributed by atoms with Crippen molar-refractivity contribution in [1.29, 1.82) is 0 Å². The number of amidine groups is 1. The standard InChI is InChI=1S/C22H28N4O2/c1-15-24-22(20(27)26(15)12-17-7-8-17)10-9-18-13-25(14-19(18)22)21(28)23-11-16-5-3-2-4-6-16/h2-6,17-19H,7-14H2,1H3,(H,23,28)/t18-,19+,22-/m1/s1. The molecule has 4 aliphatic rings. The first-order valence-electron chi connectivity index (χ1n) is 10.5. The number of fused-ring (bicyclic) bond motifs is 2. The first-order valence-corrected chi connectivity index (χ1v) is 10.5. The molecule has 3 amide bonds. The van der Waals surface area contributed by atoms with E-state index in [1.54, 1.807) is 0 Å². The summed E-state index contributed by atoms with van der Waals surface area (Å²) in [5.41, 5.74) is 0.478. The third-order valence-electron chi connectivity index (χ3n) is 7.03. The van der Waals surface area contributed by atoms with Gasteiger partial charge in [-0.05, 0) is 50.0 Å². The maximum absolute atomic E-state index is 13.3. The summed E-state index contributed by atoms with van der Waals surface area (Å²) < 4.78 is 0. The molecule has 1 aromatic rings. The SMILES string of the molecule is CC1=N[C@@]2(CC[C@@H]3CN(C(=O)NCc4ccccc4)C[C@@H]32)C(=O)N1CC1CC1. The number of urea groups is 1. The monoisotopic (exact) mass is 380 g/mol. The Kier molecular flexibility index (Phi) is 4.18. The Balaban J connectivity index is 1.26. The number of aliphatic imine (C=N–C) groups is 1. The van der Waals surface area contributed by atoms with Gasteiger partial charge >= 0.3 is 6.03 Å². The lowest BCUT2D eigenvalue weighted by Gasteiger charge is -2.28. The molecule has 148 valence electrons. The molecule has 3 atom stereocenters. The van der Waals surface area contributed by atoms with Gasteiger partial charge in [0.15, 0.2) is 0 Å². The predicted molar refractivity (Wildman–Crippen MR) is 107 cm³/mol. The lowest BCUT2D eigenvalue weighted by molar-refractivity contribution is -0.132. The third kappa shape index (κ3) is 2.90. The van der Waals surface area contributed by atoms with Gasteiger partial charge in [0.05, 0.1) is 0 Å². The maximum atomic E-state index is 13.3. The number of likely N-dealkylation sites (tertiary alicyclic amines) is 1. The molecular formula is C22H28N4O2. The highest BCUT2D eigenvalue weighted by atomic mass is 16.2. The minimum absolute atomic E-state index is 0.0330. The Morgan fingerprint density at radius 2 is 2.00 bits per heavy atom. The fraction of sp³-hybridized carbons (Fsp3) is 0.591. The van der Waals surface area contributed by atoms with Gasteiger partial charge in [-0.1, -0.05) is 30.3 Å². The zero-order chi connectivity index (χ0) is 19.3. The number of hydrogen-bond donors (Lipinski definition) is 1. The van der Waals surface area contributed by atoms with E-state index in [-0.39, 0.29) is 17.9 Å². The summed E-state index contributed by atoms with van der Waals surface area (Å²) in [7, 11) is 0. The van der Waals surface area contributed by atoms with Crippen LogP contribution in [0.5, 0.6) is 0 Å². The second kappa shape index (κ2) is 6.61. The van der Waals surface area contributed by atoms with Crippen LogP contribution in [0.25, 0.3) is 0 Å². The van der Waals surface area contributed by atoms with Gasteiger partial charge in [0.1, 0.15) is 11.4 Å². The highest BCUT2D eigenvalue weighted by Crippen LogP contribution is 2.50. The van der Waals surface area contributed by atoms with Crippen molar-refractivity contribution in [2.45, 2.75) is 44.7 Å². The van der Waals surface area contributed by atoms with E-state index >= 15 is 0 Å². The number of carbonyl (C=O) groups excluding carboxylic acids is 2. The van der Waals surface area contributed by atoms with E-state index in [1.807, 2.05) is 47.1 Å². The molecule has 0 unspecified atom stereocenters. The normalized spacial score (nSPS) is 31.5. The fourth-order valence-electron chi connectivity index (χ4n) is 5.30. The lowest BCUT2D eigenvalue weighted by atomic mass is 9.85. The van der Waals surface area contributed by atoms with E-state index < -0.39 is 5.54 Å². The van der Waals surface area contributed by atoms with Crippen molar-refractivity contribution in [1.82, 2.24) is 15.1 Å². The quantitative estimate of drug-likeness (QED) is 0.873. The Hall–Kier alpha value is -2.37. The van der Waals surface area contributed by atoms with Gasteiger partial charge < -0.3 is 10.2 Å². The van der Waals surface area contributed by atoms with Gasteiger partial charge in [-0.2, -0.15) is 0 Å². The van der Waals surface area contributed by atoms with Gasteiger partial charge in [0.2, 0.25) is 0 Å². The van der Waals surface area contributed by atoms with E-state index in [9.17, 15) is 9.59 Å². The number of hydrogen-bond acceptors (Lipinski definition) is 3. The number of nitrogens with zero attached hydrogens (tertiary/aromatic N) is 3. The predicted octanol–water partition coefficient (Wildman–Crippen LogP) is 2.65. The van der Waals surface area contributed by atoms with Crippen LogP contribution < -0.4 is 5.32 Å². The van der Waals surface area contributed by atoms with Crippen molar-refractivity contribution in [2.75, 3.05) is 19.6 Å². The molecule has 2 heterocycles. The fourth-order valence-corrected chi connectivity index (χ4v) is 5.30. The number of rotatable bonds is 4. The van der Waals surface area contributed by atoms with Gasteiger partial charge in [0.25, 0.3) is 5.91 Å². The van der Waals surface area contributed by atoms with Crippen LogP contribution in [0.4, 0.5) is 4.79 Å². The van der Waals surface area contributed by atoms with Crippen molar-refractivity contribution in [3.05, 3.63) is 35.9 Å². The first-order chi connectivity index (χ1) is 13.6. The average molecular weight is 380 g/mol. The molecule has 2 aliphatic carbocycles. The smallest absolute Gasteiger partial charge is 0.317 e. The first kappa shape index (κ1) is 17.7. The van der Waals surface area contributed by atoms with Crippen LogP contribution in [-0.2, 0) is 11.3 Å². The van der Waals surface area contributed by atoms with Crippen molar-refractivity contribution in [2.24, 2.45) is 22.7 Å². The summed E-state index contributed by atoms with van der Waals surface area (Å²) in [6, 6.07) is 9.92. The highest BCUT2D eigenvalue weighted by Gasteiger charge is 2.61. The van der Waals surface area contributed by atoms with Crippen molar-refractivity contribution in [3.63, 3.8) is 0 Å². The van der Waals surface area contributed by atoms with Crippen LogP contribution in [0, 0.1) is 17.8 Å². The minimum Gasteiger partial charge on any atom is -0.334 e. The summed E-state index contributed by atoms with van der Waals surface area (Å²) in [5.74, 6) is 2.26. The Labute approximate surface area is 166 Å². The van der Waals surface area contributed by atoms with Crippen LogP contribution in [0.3, 0.4) is 0 Å². The van der Waals surface area contributed by atoms with Crippen molar-refractivity contribution in [3.8, 4) is 0 Å². The van der Waals surface area contributed by atoms with Crippen LogP contribution in [0.2, 0.25) is 0 Å². The molecule has 6 heteroatoms. The van der Waals surface area contributed by atoms with E-state index in [0.29, 0.717) is 24.9 Å². The summed E-state index contributed by atoms with van der Waals surface area (Å²) in [6.07, 6.45) is 4.27. The van der Waals surface area contributed by atoms with Gasteiger partial charge in [0, 0.05) is 32.1 Å². The highest BCUT2D eigenvalue weighted by molar-refractivity contribution is 6.07. The van der Waals surface area contributed by atoms with Crippen molar-refractivity contribution >= 4 is 17.8 Å². The Morgan fingerprint density at radius 1 is 1.21 bits per heavy atom. The topological polar surface area (TPSA) is 65.0 Å². The molecule has 5 rings (SSSR count). The second-order valence-electron chi connectivity index (χ2n) is 8.90. The minimum atomic E-state index is -0.613. The molecule has 1 N–H and O–H groups in total. The van der Waals surface area contributed by atoms with Crippen LogP contribution >= 0.6 is 0 Å². The molecule has 0 aromatic heterocycles. The molecule has 0 radical (unpaired) electrons. The zero-order valence-corrected chi connectivity index (χ0v) is 16.4. The van der Waals surface area contributed by atoms with E-state index in [1.165, 1.54) is 12.8 Å². The second-order valence-corrected chi connectivity index (χ2v) is 8.90. The number of carbonyl (C=O) groups is 2. The summed E-state index contributed by atoms with van der Waals surface area (Å²) in [5, 5.41) is 3.03. The third-order valence-corrected chi connectivity index (χ3v) is 7.03.